The van der Waals surface area contributed by atoms with Gasteiger partial charge in [-0.2, -0.15) is 0 Å². The highest BCUT2D eigenvalue weighted by Gasteiger charge is 2.18. The van der Waals surface area contributed by atoms with Crippen LogP contribution in [-0.4, -0.2) is 38.8 Å². The van der Waals surface area contributed by atoms with Gasteiger partial charge in [0.2, 0.25) is 0 Å². The number of ether oxygens (including phenoxy) is 1. The molecule has 0 unspecified atom stereocenters. The van der Waals surface area contributed by atoms with Gasteiger partial charge >= 0.3 is 0 Å². The number of aryl methyl sites for hydroxylation is 1. The SMILES string of the molecule is COc1cccc(-c2nnc(SCc3nc(C(=O)N[C@@H](C)CCc4ccccc4)cs3)n2-c2ccccc2)c1. The van der Waals surface area contributed by atoms with E-state index in [1.165, 1.54) is 28.7 Å². The molecule has 198 valence electrons. The minimum Gasteiger partial charge on any atom is -0.497 e. The van der Waals surface area contributed by atoms with E-state index in [9.17, 15) is 4.79 Å². The predicted octanol–water partition coefficient (Wildman–Crippen LogP) is 6.44. The number of benzene rings is 3. The lowest BCUT2D eigenvalue weighted by molar-refractivity contribution is 0.0934. The number of nitrogens with one attached hydrogen (secondary N) is 1. The zero-order valence-electron chi connectivity index (χ0n) is 21.8. The molecule has 39 heavy (non-hydrogen) atoms. The fraction of sp³-hybridized carbons (Fsp3) is 0.200. The van der Waals surface area contributed by atoms with Gasteiger partial charge in [0.25, 0.3) is 5.91 Å². The lowest BCUT2D eigenvalue weighted by atomic mass is 10.1. The minimum atomic E-state index is -0.143. The van der Waals surface area contributed by atoms with Crippen molar-refractivity contribution in [1.82, 2.24) is 25.1 Å². The van der Waals surface area contributed by atoms with Crippen molar-refractivity contribution in [2.24, 2.45) is 0 Å². The first-order chi connectivity index (χ1) is 19.1. The Kier molecular flexibility index (Phi) is 8.70. The molecule has 2 heterocycles. The molecule has 0 radical (unpaired) electrons. The van der Waals surface area contributed by atoms with Crippen LogP contribution in [0.25, 0.3) is 17.1 Å². The molecule has 1 amide bonds. The van der Waals surface area contributed by atoms with Crippen molar-refractivity contribution < 1.29 is 9.53 Å². The number of amides is 1. The molecule has 0 fully saturated rings. The quantitative estimate of drug-likeness (QED) is 0.189. The molecule has 0 spiro atoms. The van der Waals surface area contributed by atoms with Crippen LogP contribution in [0.1, 0.15) is 34.4 Å². The number of aromatic nitrogens is 4. The summed E-state index contributed by atoms with van der Waals surface area (Å²) in [6.07, 6.45) is 1.79. The van der Waals surface area contributed by atoms with Crippen molar-refractivity contribution in [1.29, 1.82) is 0 Å². The largest absolute Gasteiger partial charge is 0.497 e. The minimum absolute atomic E-state index is 0.0525. The van der Waals surface area contributed by atoms with Gasteiger partial charge in [-0.15, -0.1) is 21.5 Å². The van der Waals surface area contributed by atoms with Crippen molar-refractivity contribution in [3.05, 3.63) is 107 Å². The smallest absolute Gasteiger partial charge is 0.270 e. The Hall–Kier alpha value is -3.95. The topological polar surface area (TPSA) is 81.9 Å². The van der Waals surface area contributed by atoms with Gasteiger partial charge in [0.05, 0.1) is 12.9 Å². The van der Waals surface area contributed by atoms with Crippen LogP contribution in [0, 0.1) is 0 Å². The van der Waals surface area contributed by atoms with Crippen molar-refractivity contribution in [3.8, 4) is 22.8 Å². The predicted molar refractivity (Wildman–Crippen MR) is 157 cm³/mol. The summed E-state index contributed by atoms with van der Waals surface area (Å²) in [6.45, 7) is 2.03. The number of nitrogens with zero attached hydrogens (tertiary/aromatic N) is 4. The molecule has 2 aromatic heterocycles. The first kappa shape index (κ1) is 26.6. The zero-order valence-corrected chi connectivity index (χ0v) is 23.4. The average molecular weight is 556 g/mol. The summed E-state index contributed by atoms with van der Waals surface area (Å²) in [5.74, 6) is 1.92. The van der Waals surface area contributed by atoms with Crippen LogP contribution in [0.4, 0.5) is 0 Å². The maximum atomic E-state index is 12.8. The zero-order chi connectivity index (χ0) is 27.0. The van der Waals surface area contributed by atoms with Crippen molar-refractivity contribution >= 4 is 29.0 Å². The summed E-state index contributed by atoms with van der Waals surface area (Å²) in [5.41, 5.74) is 3.59. The van der Waals surface area contributed by atoms with Crippen LogP contribution in [0.2, 0.25) is 0 Å². The van der Waals surface area contributed by atoms with Gasteiger partial charge in [-0.1, -0.05) is 72.4 Å². The number of hydrogen-bond donors (Lipinski definition) is 1. The second kappa shape index (κ2) is 12.7. The van der Waals surface area contributed by atoms with Crippen LogP contribution < -0.4 is 10.1 Å². The van der Waals surface area contributed by atoms with E-state index in [1.54, 1.807) is 7.11 Å². The van der Waals surface area contributed by atoms with E-state index in [0.29, 0.717) is 11.4 Å². The summed E-state index contributed by atoms with van der Waals surface area (Å²) in [6, 6.07) is 28.2. The lowest BCUT2D eigenvalue weighted by Crippen LogP contribution is -2.33. The van der Waals surface area contributed by atoms with Crippen molar-refractivity contribution in [2.45, 2.75) is 36.7 Å². The summed E-state index contributed by atoms with van der Waals surface area (Å²) < 4.78 is 7.45. The molecule has 1 N–H and O–H groups in total. The standard InChI is InChI=1S/C30H29N5O2S2/c1-21(16-17-22-10-5-3-6-11-22)31-29(36)26-19-38-27(32-26)20-39-30-34-33-28(23-12-9-15-25(18-23)37-2)35(30)24-13-7-4-8-14-24/h3-15,18-19,21H,16-17,20H2,1-2H3,(H,31,36)/t21-/m0/s1. The summed E-state index contributed by atoms with van der Waals surface area (Å²) in [5, 5.41) is 15.5. The van der Waals surface area contributed by atoms with Crippen LogP contribution in [0.15, 0.2) is 95.5 Å². The van der Waals surface area contributed by atoms with E-state index in [2.05, 4.69) is 32.6 Å². The Morgan fingerprint density at radius 2 is 1.79 bits per heavy atom. The van der Waals surface area contributed by atoms with E-state index in [1.807, 2.05) is 89.7 Å². The molecule has 0 saturated heterocycles. The van der Waals surface area contributed by atoms with Crippen LogP contribution in [0.3, 0.4) is 0 Å². The van der Waals surface area contributed by atoms with Gasteiger partial charge in [0.1, 0.15) is 16.5 Å². The number of carbonyl (C=O) groups is 1. The summed E-state index contributed by atoms with van der Waals surface area (Å²) in [4.78, 5) is 17.4. The Bertz CT molecular complexity index is 1520. The molecule has 5 rings (SSSR count). The van der Waals surface area contributed by atoms with Crippen LogP contribution in [-0.2, 0) is 12.2 Å². The van der Waals surface area contributed by atoms with Crippen molar-refractivity contribution in [2.75, 3.05) is 7.11 Å². The third-order valence-electron chi connectivity index (χ3n) is 6.17. The number of thioether (sulfide) groups is 1. The van der Waals surface area contributed by atoms with Gasteiger partial charge in [-0.3, -0.25) is 9.36 Å². The molecule has 5 aromatic rings. The second-order valence-corrected chi connectivity index (χ2v) is 10.9. The van der Waals surface area contributed by atoms with Crippen molar-refractivity contribution in [3.63, 3.8) is 0 Å². The lowest BCUT2D eigenvalue weighted by Gasteiger charge is -2.13. The molecule has 9 heteroatoms. The molecular formula is C30H29N5O2S2. The Morgan fingerprint density at radius 3 is 2.56 bits per heavy atom. The van der Waals surface area contributed by atoms with E-state index < -0.39 is 0 Å². The number of para-hydroxylation sites is 1. The highest BCUT2D eigenvalue weighted by Crippen LogP contribution is 2.31. The van der Waals surface area contributed by atoms with Gasteiger partial charge in [0.15, 0.2) is 11.0 Å². The highest BCUT2D eigenvalue weighted by atomic mass is 32.2. The maximum absolute atomic E-state index is 12.8. The Morgan fingerprint density at radius 1 is 1.03 bits per heavy atom. The normalized spacial score (nSPS) is 11.7. The number of methoxy groups -OCH3 is 1. The Labute approximate surface area is 236 Å². The van der Waals surface area contributed by atoms with E-state index in [0.717, 1.165) is 45.8 Å². The van der Waals surface area contributed by atoms with Gasteiger partial charge in [-0.05, 0) is 49.6 Å². The third kappa shape index (κ3) is 6.74. The highest BCUT2D eigenvalue weighted by molar-refractivity contribution is 7.98. The first-order valence-corrected chi connectivity index (χ1v) is 14.5. The average Bonchev–Trinajstić information content (AvgIpc) is 3.63. The number of hydrogen-bond acceptors (Lipinski definition) is 7. The molecule has 0 bridgehead atoms. The maximum Gasteiger partial charge on any atom is 0.270 e. The number of thiazole rings is 1. The molecule has 1 atom stereocenters. The molecule has 0 aliphatic carbocycles. The monoisotopic (exact) mass is 555 g/mol. The van der Waals surface area contributed by atoms with Gasteiger partial charge in [-0.25, -0.2) is 4.98 Å². The molecule has 0 aliphatic heterocycles. The summed E-state index contributed by atoms with van der Waals surface area (Å²) in [7, 11) is 1.65. The molecule has 0 aliphatic rings. The van der Waals surface area contributed by atoms with E-state index in [4.69, 9.17) is 4.74 Å². The third-order valence-corrected chi connectivity index (χ3v) is 8.14. The Balaban J connectivity index is 1.26. The van der Waals surface area contributed by atoms with Crippen LogP contribution >= 0.6 is 23.1 Å². The second-order valence-electron chi connectivity index (χ2n) is 9.02. The van der Waals surface area contributed by atoms with Gasteiger partial charge in [0, 0.05) is 22.7 Å². The number of rotatable bonds is 11. The summed E-state index contributed by atoms with van der Waals surface area (Å²) >= 11 is 3.02. The molecule has 7 nitrogen and oxygen atoms in total. The van der Waals surface area contributed by atoms with Gasteiger partial charge < -0.3 is 10.1 Å². The van der Waals surface area contributed by atoms with Crippen LogP contribution in [0.5, 0.6) is 5.75 Å². The molecular weight excluding hydrogens is 526 g/mol. The van der Waals surface area contributed by atoms with E-state index in [-0.39, 0.29) is 11.9 Å². The fourth-order valence-corrected chi connectivity index (χ4v) is 5.87. The molecule has 0 saturated carbocycles. The molecule has 3 aromatic carbocycles. The fourth-order valence-electron chi connectivity index (χ4n) is 4.13. The van der Waals surface area contributed by atoms with E-state index >= 15 is 0 Å². The number of carbonyl (C=O) groups excluding carboxylic acids is 1. The first-order valence-electron chi connectivity index (χ1n) is 12.7.